The molecule has 24 heavy (non-hydrogen) atoms. The van der Waals surface area contributed by atoms with E-state index in [9.17, 15) is 4.79 Å². The van der Waals surface area contributed by atoms with Crippen LogP contribution in [0.4, 0.5) is 0 Å². The van der Waals surface area contributed by atoms with E-state index in [4.69, 9.17) is 0 Å². The molecule has 0 aromatic heterocycles. The molecule has 0 saturated heterocycles. The number of aldehydes is 1. The summed E-state index contributed by atoms with van der Waals surface area (Å²) < 4.78 is -0.816. The lowest BCUT2D eigenvalue weighted by Crippen LogP contribution is -2.30. The zero-order chi connectivity index (χ0) is 17.0. The number of benzene rings is 3. The highest BCUT2D eigenvalue weighted by atomic mass is 79.9. The van der Waals surface area contributed by atoms with Gasteiger partial charge in [0.15, 0.2) is 0 Å². The predicted molar refractivity (Wildman–Crippen MR) is 103 cm³/mol. The topological polar surface area (TPSA) is 17.1 Å². The third-order valence-electron chi connectivity index (χ3n) is 4.35. The summed E-state index contributed by atoms with van der Waals surface area (Å²) in [5, 5.41) is 0. The molecule has 1 unspecified atom stereocenters. The smallest absolute Gasteiger partial charge is 0.142 e. The molecule has 120 valence electrons. The van der Waals surface area contributed by atoms with Gasteiger partial charge in [0.25, 0.3) is 0 Å². The summed E-state index contributed by atoms with van der Waals surface area (Å²) in [5.74, 6) is -0.111. The lowest BCUT2D eigenvalue weighted by atomic mass is 9.77. The summed E-state index contributed by atoms with van der Waals surface area (Å²) in [6.45, 7) is 2.05. The molecule has 3 rings (SSSR count). The Bertz CT molecular complexity index is 757. The van der Waals surface area contributed by atoms with Gasteiger partial charge in [-0.3, -0.25) is 0 Å². The van der Waals surface area contributed by atoms with Gasteiger partial charge < -0.3 is 4.79 Å². The van der Waals surface area contributed by atoms with Crippen molar-refractivity contribution in [3.8, 4) is 0 Å². The molecule has 0 amide bonds. The van der Waals surface area contributed by atoms with E-state index in [0.29, 0.717) is 0 Å². The summed E-state index contributed by atoms with van der Waals surface area (Å²) in [6.07, 6.45) is 1.02. The van der Waals surface area contributed by atoms with Crippen LogP contribution in [0.3, 0.4) is 0 Å². The summed E-state index contributed by atoms with van der Waals surface area (Å²) in [7, 11) is 0. The fourth-order valence-electron chi connectivity index (χ4n) is 3.08. The number of halogens is 1. The zero-order valence-corrected chi connectivity index (χ0v) is 15.1. The summed E-state index contributed by atoms with van der Waals surface area (Å²) in [4.78, 5) is 12.3. The second-order valence-electron chi connectivity index (χ2n) is 6.01. The van der Waals surface area contributed by atoms with Crippen molar-refractivity contribution in [1.82, 2.24) is 0 Å². The Kier molecular flexibility index (Phi) is 4.96. The van der Waals surface area contributed by atoms with E-state index < -0.39 is 4.32 Å². The SMILES string of the molecule is Cc1ccc(C(Br)(C=O)C(c2ccccc2)c2ccccc2)cc1. The molecule has 0 radical (unpaired) electrons. The van der Waals surface area contributed by atoms with Crippen LogP contribution in [-0.4, -0.2) is 6.29 Å². The van der Waals surface area contributed by atoms with Crippen LogP contribution in [0.2, 0.25) is 0 Å². The van der Waals surface area contributed by atoms with Gasteiger partial charge in [-0.25, -0.2) is 0 Å². The fourth-order valence-corrected chi connectivity index (χ4v) is 3.87. The van der Waals surface area contributed by atoms with Gasteiger partial charge in [-0.15, -0.1) is 0 Å². The molecule has 0 bridgehead atoms. The molecular weight excluding hydrogens is 360 g/mol. The second kappa shape index (κ2) is 7.14. The van der Waals surface area contributed by atoms with Crippen molar-refractivity contribution in [2.45, 2.75) is 17.2 Å². The van der Waals surface area contributed by atoms with E-state index in [0.717, 1.165) is 23.0 Å². The Hall–Kier alpha value is -2.19. The molecule has 0 aliphatic rings. The first kappa shape index (κ1) is 16.7. The Morgan fingerprint density at radius 2 is 1.25 bits per heavy atom. The van der Waals surface area contributed by atoms with Crippen molar-refractivity contribution >= 4 is 22.2 Å². The van der Waals surface area contributed by atoms with Crippen LogP contribution >= 0.6 is 15.9 Å². The van der Waals surface area contributed by atoms with Gasteiger partial charge in [-0.2, -0.15) is 0 Å². The summed E-state index contributed by atoms with van der Waals surface area (Å²) in [5.41, 5.74) is 4.35. The zero-order valence-electron chi connectivity index (χ0n) is 13.5. The van der Waals surface area contributed by atoms with Crippen molar-refractivity contribution in [2.75, 3.05) is 0 Å². The third-order valence-corrected chi connectivity index (χ3v) is 5.45. The minimum absolute atomic E-state index is 0.111. The quantitative estimate of drug-likeness (QED) is 0.416. The molecule has 0 aliphatic carbocycles. The molecule has 3 aromatic carbocycles. The predicted octanol–water partition coefficient (Wildman–Crippen LogP) is 5.62. The largest absolute Gasteiger partial charge is 0.301 e. The minimum Gasteiger partial charge on any atom is -0.301 e. The van der Waals surface area contributed by atoms with E-state index in [1.54, 1.807) is 0 Å². The molecule has 0 N–H and O–H groups in total. The van der Waals surface area contributed by atoms with Crippen LogP contribution in [0.25, 0.3) is 0 Å². The molecule has 0 heterocycles. The van der Waals surface area contributed by atoms with E-state index in [1.165, 1.54) is 5.56 Å². The summed E-state index contributed by atoms with van der Waals surface area (Å²) in [6, 6.07) is 28.5. The molecule has 3 aromatic rings. The normalized spacial score (nSPS) is 13.5. The Morgan fingerprint density at radius 1 is 0.792 bits per heavy atom. The van der Waals surface area contributed by atoms with Gasteiger partial charge in [-0.1, -0.05) is 106 Å². The lowest BCUT2D eigenvalue weighted by Gasteiger charge is -2.32. The molecular formula is C22H19BrO. The number of carbonyl (C=O) groups excluding carboxylic acids is 1. The van der Waals surface area contributed by atoms with Crippen molar-refractivity contribution in [3.05, 3.63) is 107 Å². The number of alkyl halides is 1. The van der Waals surface area contributed by atoms with Crippen LogP contribution in [0, 0.1) is 6.92 Å². The van der Waals surface area contributed by atoms with Gasteiger partial charge in [0.2, 0.25) is 0 Å². The Balaban J connectivity index is 2.19. The highest BCUT2D eigenvalue weighted by molar-refractivity contribution is 9.10. The molecule has 0 fully saturated rings. The van der Waals surface area contributed by atoms with E-state index >= 15 is 0 Å². The van der Waals surface area contributed by atoms with Gasteiger partial charge >= 0.3 is 0 Å². The molecule has 1 nitrogen and oxygen atoms in total. The number of hydrogen-bond acceptors (Lipinski definition) is 1. The van der Waals surface area contributed by atoms with Crippen molar-refractivity contribution in [2.24, 2.45) is 0 Å². The van der Waals surface area contributed by atoms with Gasteiger partial charge in [0.05, 0.1) is 0 Å². The average molecular weight is 379 g/mol. The Morgan fingerprint density at radius 3 is 1.67 bits per heavy atom. The number of rotatable bonds is 5. The standard InChI is InChI=1S/C22H19BrO/c1-17-12-14-20(15-13-17)22(23,16-24)21(18-8-4-2-5-9-18)19-10-6-3-7-11-19/h2-16,21H,1H3. The maximum Gasteiger partial charge on any atom is 0.142 e. The first-order chi connectivity index (χ1) is 11.6. The van der Waals surface area contributed by atoms with E-state index in [-0.39, 0.29) is 5.92 Å². The minimum atomic E-state index is -0.816. The van der Waals surface area contributed by atoms with Crippen LogP contribution in [0.15, 0.2) is 84.9 Å². The fraction of sp³-hybridized carbons (Fsp3) is 0.136. The van der Waals surface area contributed by atoms with Crippen LogP contribution in [0.5, 0.6) is 0 Å². The maximum atomic E-state index is 12.3. The van der Waals surface area contributed by atoms with E-state index in [1.807, 2.05) is 67.6 Å². The summed E-state index contributed by atoms with van der Waals surface area (Å²) >= 11 is 3.79. The van der Waals surface area contributed by atoms with Crippen LogP contribution < -0.4 is 0 Å². The van der Waals surface area contributed by atoms with Crippen LogP contribution in [0.1, 0.15) is 28.2 Å². The first-order valence-corrected chi connectivity index (χ1v) is 8.77. The third kappa shape index (κ3) is 3.20. The van der Waals surface area contributed by atoms with Crippen molar-refractivity contribution in [1.29, 1.82) is 0 Å². The molecule has 0 aliphatic heterocycles. The molecule has 0 spiro atoms. The maximum absolute atomic E-state index is 12.3. The highest BCUT2D eigenvalue weighted by Crippen LogP contribution is 2.46. The molecule has 1 atom stereocenters. The first-order valence-electron chi connectivity index (χ1n) is 7.97. The highest BCUT2D eigenvalue weighted by Gasteiger charge is 2.40. The van der Waals surface area contributed by atoms with Gasteiger partial charge in [-0.05, 0) is 23.6 Å². The van der Waals surface area contributed by atoms with E-state index in [2.05, 4.69) is 40.2 Å². The van der Waals surface area contributed by atoms with Gasteiger partial charge in [0.1, 0.15) is 10.6 Å². The number of hydrogen-bond donors (Lipinski definition) is 0. The van der Waals surface area contributed by atoms with Crippen molar-refractivity contribution in [3.63, 3.8) is 0 Å². The number of carbonyl (C=O) groups is 1. The average Bonchev–Trinajstić information content (AvgIpc) is 2.64. The molecule has 0 saturated carbocycles. The molecule has 2 heteroatoms. The van der Waals surface area contributed by atoms with Crippen molar-refractivity contribution < 1.29 is 4.79 Å². The Labute approximate surface area is 151 Å². The number of aryl methyl sites for hydroxylation is 1. The lowest BCUT2D eigenvalue weighted by molar-refractivity contribution is -0.110. The monoisotopic (exact) mass is 378 g/mol. The second-order valence-corrected chi connectivity index (χ2v) is 7.32. The van der Waals surface area contributed by atoms with Gasteiger partial charge in [0, 0.05) is 5.92 Å². The van der Waals surface area contributed by atoms with Crippen LogP contribution in [-0.2, 0) is 9.12 Å².